The number of hydrogen-bond donors (Lipinski definition) is 1. The summed E-state index contributed by atoms with van der Waals surface area (Å²) in [6.07, 6.45) is 6.70. The molecule has 1 aliphatic carbocycles. The molecule has 2 rings (SSSR count). The van der Waals surface area contributed by atoms with Gasteiger partial charge in [-0.25, -0.2) is 0 Å². The van der Waals surface area contributed by atoms with Crippen LogP contribution in [0.5, 0.6) is 5.75 Å². The van der Waals surface area contributed by atoms with E-state index in [1.54, 1.807) is 0 Å². The third-order valence-electron chi connectivity index (χ3n) is 4.51. The van der Waals surface area contributed by atoms with Gasteiger partial charge in [0.1, 0.15) is 5.75 Å². The highest BCUT2D eigenvalue weighted by atomic mass is 16.5. The van der Waals surface area contributed by atoms with Gasteiger partial charge in [-0.1, -0.05) is 44.4 Å². The smallest absolute Gasteiger partial charge is 0.124 e. The van der Waals surface area contributed by atoms with Crippen molar-refractivity contribution in [2.45, 2.75) is 52.0 Å². The maximum absolute atomic E-state index is 5.82. The van der Waals surface area contributed by atoms with Crippen LogP contribution in [0.25, 0.3) is 0 Å². The van der Waals surface area contributed by atoms with Crippen LogP contribution in [0.4, 0.5) is 0 Å². The lowest BCUT2D eigenvalue weighted by molar-refractivity contribution is 0.147. The standard InChI is InChI=1S/C17H27NO/c1-4-19-15-11-7-6-10-14(15)16(18-3)17(2)12-8-5-9-13-17/h6-7,10-11,16,18H,4-5,8-9,12-13H2,1-3H3. The van der Waals surface area contributed by atoms with Crippen molar-refractivity contribution in [3.8, 4) is 5.75 Å². The minimum Gasteiger partial charge on any atom is -0.494 e. The van der Waals surface area contributed by atoms with E-state index in [0.717, 1.165) is 12.4 Å². The topological polar surface area (TPSA) is 21.3 Å². The van der Waals surface area contributed by atoms with E-state index in [-0.39, 0.29) is 0 Å². The van der Waals surface area contributed by atoms with Crippen molar-refractivity contribution in [3.05, 3.63) is 29.8 Å². The summed E-state index contributed by atoms with van der Waals surface area (Å²) in [6, 6.07) is 8.87. The first-order chi connectivity index (χ1) is 9.21. The number of ether oxygens (including phenoxy) is 1. The van der Waals surface area contributed by atoms with Crippen LogP contribution in [0, 0.1) is 5.41 Å². The average Bonchev–Trinajstić information content (AvgIpc) is 2.42. The molecule has 19 heavy (non-hydrogen) atoms. The number of nitrogens with one attached hydrogen (secondary N) is 1. The summed E-state index contributed by atoms with van der Waals surface area (Å²) in [5, 5.41) is 3.55. The lowest BCUT2D eigenvalue weighted by atomic mass is 9.68. The molecule has 1 N–H and O–H groups in total. The zero-order valence-corrected chi connectivity index (χ0v) is 12.5. The predicted octanol–water partition coefficient (Wildman–Crippen LogP) is 4.32. The van der Waals surface area contributed by atoms with E-state index < -0.39 is 0 Å². The van der Waals surface area contributed by atoms with Crippen LogP contribution in [0.2, 0.25) is 0 Å². The fraction of sp³-hybridized carbons (Fsp3) is 0.647. The van der Waals surface area contributed by atoms with Crippen molar-refractivity contribution in [1.82, 2.24) is 5.32 Å². The maximum atomic E-state index is 5.82. The molecule has 1 saturated carbocycles. The van der Waals surface area contributed by atoms with Crippen LogP contribution in [0.15, 0.2) is 24.3 Å². The summed E-state index contributed by atoms with van der Waals surface area (Å²) >= 11 is 0. The van der Waals surface area contributed by atoms with Crippen molar-refractivity contribution in [1.29, 1.82) is 0 Å². The first-order valence-electron chi connectivity index (χ1n) is 7.60. The first-order valence-corrected chi connectivity index (χ1v) is 7.60. The second-order valence-electron chi connectivity index (χ2n) is 5.91. The van der Waals surface area contributed by atoms with E-state index in [2.05, 4.69) is 43.6 Å². The Morgan fingerprint density at radius 1 is 1.21 bits per heavy atom. The lowest BCUT2D eigenvalue weighted by Gasteiger charge is -2.41. The van der Waals surface area contributed by atoms with Gasteiger partial charge >= 0.3 is 0 Å². The van der Waals surface area contributed by atoms with E-state index in [0.29, 0.717) is 11.5 Å². The van der Waals surface area contributed by atoms with Crippen molar-refractivity contribution >= 4 is 0 Å². The van der Waals surface area contributed by atoms with Gasteiger partial charge in [-0.2, -0.15) is 0 Å². The molecule has 1 aliphatic rings. The number of hydrogen-bond acceptors (Lipinski definition) is 2. The van der Waals surface area contributed by atoms with Crippen LogP contribution in [0.3, 0.4) is 0 Å². The Balaban J connectivity index is 2.30. The fourth-order valence-corrected chi connectivity index (χ4v) is 3.53. The monoisotopic (exact) mass is 261 g/mol. The molecule has 2 heteroatoms. The Kier molecular flexibility index (Phi) is 4.87. The molecule has 0 aromatic heterocycles. The van der Waals surface area contributed by atoms with E-state index in [1.807, 2.05) is 6.92 Å². The summed E-state index contributed by atoms with van der Waals surface area (Å²) in [4.78, 5) is 0. The first kappa shape index (κ1) is 14.4. The molecule has 2 nitrogen and oxygen atoms in total. The Morgan fingerprint density at radius 2 is 1.89 bits per heavy atom. The molecule has 1 aromatic rings. The van der Waals surface area contributed by atoms with Gasteiger partial charge in [-0.05, 0) is 38.3 Å². The predicted molar refractivity (Wildman–Crippen MR) is 80.6 cm³/mol. The maximum Gasteiger partial charge on any atom is 0.124 e. The molecule has 106 valence electrons. The average molecular weight is 261 g/mol. The van der Waals surface area contributed by atoms with Crippen molar-refractivity contribution in [2.75, 3.05) is 13.7 Å². The molecule has 1 aromatic carbocycles. The summed E-state index contributed by atoms with van der Waals surface area (Å²) in [5.41, 5.74) is 1.66. The van der Waals surface area contributed by atoms with Crippen LogP contribution in [-0.2, 0) is 0 Å². The van der Waals surface area contributed by atoms with Gasteiger partial charge in [-0.3, -0.25) is 0 Å². The second kappa shape index (κ2) is 6.42. The highest BCUT2D eigenvalue weighted by Gasteiger charge is 2.36. The van der Waals surface area contributed by atoms with E-state index in [4.69, 9.17) is 4.74 Å². The van der Waals surface area contributed by atoms with Gasteiger partial charge in [0, 0.05) is 11.6 Å². The zero-order valence-electron chi connectivity index (χ0n) is 12.5. The largest absolute Gasteiger partial charge is 0.494 e. The zero-order chi connectivity index (χ0) is 13.7. The molecular formula is C17H27NO. The minimum absolute atomic E-state index is 0.347. The number of benzene rings is 1. The van der Waals surface area contributed by atoms with Gasteiger partial charge in [0.2, 0.25) is 0 Å². The summed E-state index contributed by atoms with van der Waals surface area (Å²) in [5.74, 6) is 1.04. The molecule has 0 aliphatic heterocycles. The van der Waals surface area contributed by atoms with Crippen LogP contribution in [0.1, 0.15) is 57.6 Å². The van der Waals surface area contributed by atoms with Crippen LogP contribution < -0.4 is 10.1 Å². The van der Waals surface area contributed by atoms with E-state index in [1.165, 1.54) is 37.7 Å². The molecule has 0 saturated heterocycles. The van der Waals surface area contributed by atoms with Crippen molar-refractivity contribution in [3.63, 3.8) is 0 Å². The molecule has 1 unspecified atom stereocenters. The molecule has 0 heterocycles. The SMILES string of the molecule is CCOc1ccccc1C(NC)C1(C)CCCCC1. The molecular weight excluding hydrogens is 234 g/mol. The summed E-state index contributed by atoms with van der Waals surface area (Å²) in [7, 11) is 2.08. The molecule has 0 bridgehead atoms. The molecule has 1 atom stereocenters. The van der Waals surface area contributed by atoms with Crippen molar-refractivity contribution < 1.29 is 4.74 Å². The third kappa shape index (κ3) is 3.11. The summed E-state index contributed by atoms with van der Waals surface area (Å²) in [6.45, 7) is 5.20. The Labute approximate surface area is 117 Å². The molecule has 0 amide bonds. The minimum atomic E-state index is 0.347. The highest BCUT2D eigenvalue weighted by molar-refractivity contribution is 5.37. The Morgan fingerprint density at radius 3 is 2.53 bits per heavy atom. The van der Waals surface area contributed by atoms with Gasteiger partial charge < -0.3 is 10.1 Å². The highest BCUT2D eigenvalue weighted by Crippen LogP contribution is 2.47. The van der Waals surface area contributed by atoms with Gasteiger partial charge in [-0.15, -0.1) is 0 Å². The normalized spacial score (nSPS) is 19.9. The summed E-state index contributed by atoms with van der Waals surface area (Å²) < 4.78 is 5.82. The van der Waals surface area contributed by atoms with E-state index in [9.17, 15) is 0 Å². The second-order valence-corrected chi connectivity index (χ2v) is 5.91. The quantitative estimate of drug-likeness (QED) is 0.852. The van der Waals surface area contributed by atoms with Crippen LogP contribution >= 0.6 is 0 Å². The Bertz CT molecular complexity index is 396. The van der Waals surface area contributed by atoms with E-state index >= 15 is 0 Å². The van der Waals surface area contributed by atoms with Gasteiger partial charge in [0.05, 0.1) is 6.61 Å². The number of para-hydroxylation sites is 1. The van der Waals surface area contributed by atoms with Crippen LogP contribution in [-0.4, -0.2) is 13.7 Å². The third-order valence-corrected chi connectivity index (χ3v) is 4.51. The Hall–Kier alpha value is -1.02. The van der Waals surface area contributed by atoms with Gasteiger partial charge in [0.25, 0.3) is 0 Å². The van der Waals surface area contributed by atoms with Gasteiger partial charge in [0.15, 0.2) is 0 Å². The van der Waals surface area contributed by atoms with Crippen molar-refractivity contribution in [2.24, 2.45) is 5.41 Å². The molecule has 0 radical (unpaired) electrons. The number of rotatable bonds is 5. The molecule has 0 spiro atoms. The molecule has 1 fully saturated rings. The fourth-order valence-electron chi connectivity index (χ4n) is 3.53. The lowest BCUT2D eigenvalue weighted by Crippen LogP contribution is -2.36.